The molecule has 2 N–H and O–H groups in total. The van der Waals surface area contributed by atoms with Crippen LogP contribution in [0.25, 0.3) is 0 Å². The third-order valence-electron chi connectivity index (χ3n) is 6.98. The molecule has 7 nitrogen and oxygen atoms in total. The number of carbonyl (C=O) groups is 2. The Bertz CT molecular complexity index is 663. The van der Waals surface area contributed by atoms with Crippen molar-refractivity contribution in [3.05, 3.63) is 30.3 Å². The summed E-state index contributed by atoms with van der Waals surface area (Å²) in [7, 11) is 0. The van der Waals surface area contributed by atoms with E-state index in [2.05, 4.69) is 45.0 Å². The third-order valence-corrected chi connectivity index (χ3v) is 6.98. The molecular weight excluding hydrogens is 394 g/mol. The average molecular weight is 432 g/mol. The van der Waals surface area contributed by atoms with Gasteiger partial charge in [-0.2, -0.15) is 0 Å². The molecule has 1 aromatic carbocycles. The zero-order chi connectivity index (χ0) is 22.1. The quantitative estimate of drug-likeness (QED) is 0.562. The predicted octanol–water partition coefficient (Wildman–Crippen LogP) is 3.15. The largest absolute Gasteiger partial charge is 0.473 e. The Hall–Kier alpha value is -2.12. The highest BCUT2D eigenvalue weighted by atomic mass is 16.4. The molecule has 7 heteroatoms. The van der Waals surface area contributed by atoms with E-state index in [1.54, 1.807) is 0 Å². The van der Waals surface area contributed by atoms with Gasteiger partial charge in [-0.1, -0.05) is 43.9 Å². The zero-order valence-corrected chi connectivity index (χ0v) is 18.5. The van der Waals surface area contributed by atoms with Gasteiger partial charge in [-0.3, -0.25) is 4.90 Å². The number of aliphatic carboxylic acids is 2. The second kappa shape index (κ2) is 12.1. The fraction of sp³-hybridized carbons (Fsp3) is 0.667. The van der Waals surface area contributed by atoms with Gasteiger partial charge in [0, 0.05) is 44.0 Å². The molecule has 0 radical (unpaired) electrons. The van der Waals surface area contributed by atoms with Crippen molar-refractivity contribution >= 4 is 17.6 Å². The standard InChI is InChI=1S/C22H35N3.C2H2O4/c1-2-5-9-20(8-4-1)23-14-12-22(13-15-23)25-18-16-24(17-19-25)21-10-6-3-7-11-21;3-1(4)2(5)6/h3,6-7,10-11,20,22H,1-2,4-5,8-9,12-19H2;(H,3,4)(H,5,6). The van der Waals surface area contributed by atoms with Crippen LogP contribution in [-0.4, -0.2) is 83.3 Å². The van der Waals surface area contributed by atoms with Crippen molar-refractivity contribution in [3.63, 3.8) is 0 Å². The lowest BCUT2D eigenvalue weighted by Crippen LogP contribution is -2.54. The summed E-state index contributed by atoms with van der Waals surface area (Å²) in [4.78, 5) is 26.4. The highest BCUT2D eigenvalue weighted by Crippen LogP contribution is 2.27. The van der Waals surface area contributed by atoms with E-state index in [0.29, 0.717) is 0 Å². The zero-order valence-electron chi connectivity index (χ0n) is 18.5. The van der Waals surface area contributed by atoms with Crippen LogP contribution >= 0.6 is 0 Å². The van der Waals surface area contributed by atoms with E-state index in [9.17, 15) is 0 Å². The maximum Gasteiger partial charge on any atom is 0.414 e. The molecule has 0 amide bonds. The number of para-hydroxylation sites is 1. The van der Waals surface area contributed by atoms with Gasteiger partial charge in [-0.15, -0.1) is 0 Å². The number of carboxylic acid groups (broad SMARTS) is 2. The molecule has 2 heterocycles. The smallest absolute Gasteiger partial charge is 0.414 e. The minimum Gasteiger partial charge on any atom is -0.473 e. The first kappa shape index (κ1) is 23.5. The minimum absolute atomic E-state index is 0.833. The highest BCUT2D eigenvalue weighted by Gasteiger charge is 2.30. The van der Waals surface area contributed by atoms with E-state index in [1.807, 2.05) is 0 Å². The lowest BCUT2D eigenvalue weighted by molar-refractivity contribution is -0.159. The fourth-order valence-electron chi connectivity index (χ4n) is 5.22. The summed E-state index contributed by atoms with van der Waals surface area (Å²) in [6.45, 7) is 7.54. The SMILES string of the molecule is O=C(O)C(=O)O.c1ccc(N2CCN(C3CCN(C4CCCCCC4)CC3)CC2)cc1. The Balaban J connectivity index is 0.000000401. The summed E-state index contributed by atoms with van der Waals surface area (Å²) >= 11 is 0. The predicted molar refractivity (Wildman–Crippen MR) is 122 cm³/mol. The van der Waals surface area contributed by atoms with Crippen LogP contribution in [0.2, 0.25) is 0 Å². The van der Waals surface area contributed by atoms with Crippen molar-refractivity contribution in [3.8, 4) is 0 Å². The van der Waals surface area contributed by atoms with Gasteiger partial charge < -0.3 is 20.0 Å². The number of nitrogens with zero attached hydrogens (tertiary/aromatic N) is 3. The van der Waals surface area contributed by atoms with Crippen molar-refractivity contribution in [2.75, 3.05) is 44.2 Å². The van der Waals surface area contributed by atoms with Crippen LogP contribution in [0.1, 0.15) is 51.4 Å². The molecule has 1 saturated carbocycles. The van der Waals surface area contributed by atoms with Crippen LogP contribution in [0.5, 0.6) is 0 Å². The van der Waals surface area contributed by atoms with Crippen molar-refractivity contribution in [2.45, 2.75) is 63.5 Å². The first-order valence-corrected chi connectivity index (χ1v) is 11.8. The topological polar surface area (TPSA) is 84.3 Å². The Kier molecular flexibility index (Phi) is 9.15. The summed E-state index contributed by atoms with van der Waals surface area (Å²) in [6, 6.07) is 12.7. The average Bonchev–Trinajstić information content (AvgIpc) is 3.10. The van der Waals surface area contributed by atoms with Crippen molar-refractivity contribution in [2.24, 2.45) is 0 Å². The van der Waals surface area contributed by atoms with Gasteiger partial charge in [0.05, 0.1) is 0 Å². The monoisotopic (exact) mass is 431 g/mol. The van der Waals surface area contributed by atoms with Crippen LogP contribution in [0, 0.1) is 0 Å². The number of hydrogen-bond acceptors (Lipinski definition) is 5. The molecule has 1 aliphatic carbocycles. The highest BCUT2D eigenvalue weighted by molar-refractivity contribution is 6.27. The number of piperidine rings is 1. The van der Waals surface area contributed by atoms with Crippen LogP contribution in [0.3, 0.4) is 0 Å². The van der Waals surface area contributed by atoms with E-state index in [1.165, 1.54) is 96.3 Å². The van der Waals surface area contributed by atoms with E-state index in [0.717, 1.165) is 12.1 Å². The molecule has 0 bridgehead atoms. The van der Waals surface area contributed by atoms with E-state index < -0.39 is 11.9 Å². The maximum atomic E-state index is 9.10. The molecule has 2 aliphatic heterocycles. The molecule has 31 heavy (non-hydrogen) atoms. The molecule has 0 spiro atoms. The van der Waals surface area contributed by atoms with Gasteiger partial charge >= 0.3 is 11.9 Å². The van der Waals surface area contributed by atoms with Crippen LogP contribution in [0.15, 0.2) is 30.3 Å². The van der Waals surface area contributed by atoms with Crippen LogP contribution < -0.4 is 4.90 Å². The normalized spacial score (nSPS) is 22.3. The number of hydrogen-bond donors (Lipinski definition) is 2. The van der Waals surface area contributed by atoms with Crippen molar-refractivity contribution < 1.29 is 19.8 Å². The molecule has 4 rings (SSSR count). The van der Waals surface area contributed by atoms with E-state index in [-0.39, 0.29) is 0 Å². The number of carboxylic acids is 2. The van der Waals surface area contributed by atoms with Gasteiger partial charge in [0.15, 0.2) is 0 Å². The van der Waals surface area contributed by atoms with E-state index in [4.69, 9.17) is 19.8 Å². The minimum atomic E-state index is -1.82. The summed E-state index contributed by atoms with van der Waals surface area (Å²) in [5, 5.41) is 14.8. The molecule has 0 unspecified atom stereocenters. The van der Waals surface area contributed by atoms with Crippen LogP contribution in [0.4, 0.5) is 5.69 Å². The lowest BCUT2D eigenvalue weighted by atomic mass is 9.98. The van der Waals surface area contributed by atoms with Crippen molar-refractivity contribution in [1.82, 2.24) is 9.80 Å². The summed E-state index contributed by atoms with van der Waals surface area (Å²) < 4.78 is 0. The Labute approximate surface area is 185 Å². The number of piperazine rings is 1. The fourth-order valence-corrected chi connectivity index (χ4v) is 5.22. The van der Waals surface area contributed by atoms with Gasteiger partial charge in [0.2, 0.25) is 0 Å². The second-order valence-electron chi connectivity index (χ2n) is 8.88. The van der Waals surface area contributed by atoms with Gasteiger partial charge in [0.1, 0.15) is 0 Å². The van der Waals surface area contributed by atoms with E-state index >= 15 is 0 Å². The Morgan fingerprint density at radius 1 is 0.645 bits per heavy atom. The Morgan fingerprint density at radius 3 is 1.65 bits per heavy atom. The summed E-state index contributed by atoms with van der Waals surface area (Å²) in [5.74, 6) is -3.65. The summed E-state index contributed by atoms with van der Waals surface area (Å²) in [5.41, 5.74) is 1.39. The third kappa shape index (κ3) is 7.21. The molecule has 3 aliphatic rings. The molecule has 1 aromatic rings. The number of likely N-dealkylation sites (tertiary alicyclic amines) is 1. The lowest BCUT2D eigenvalue weighted by Gasteiger charge is -2.44. The molecular formula is C24H37N3O4. The molecule has 0 aromatic heterocycles. The maximum absolute atomic E-state index is 9.10. The van der Waals surface area contributed by atoms with Crippen molar-refractivity contribution in [1.29, 1.82) is 0 Å². The van der Waals surface area contributed by atoms with Gasteiger partial charge in [0.25, 0.3) is 0 Å². The molecule has 172 valence electrons. The van der Waals surface area contributed by atoms with Gasteiger partial charge in [-0.25, -0.2) is 9.59 Å². The number of benzene rings is 1. The molecule has 0 atom stereocenters. The molecule has 2 saturated heterocycles. The second-order valence-corrected chi connectivity index (χ2v) is 8.88. The summed E-state index contributed by atoms with van der Waals surface area (Å²) in [6.07, 6.45) is 11.6. The van der Waals surface area contributed by atoms with Gasteiger partial charge in [-0.05, 0) is 50.9 Å². The first-order valence-electron chi connectivity index (χ1n) is 11.8. The first-order chi connectivity index (χ1) is 15.0. The van der Waals surface area contributed by atoms with Crippen LogP contribution in [-0.2, 0) is 9.59 Å². The Morgan fingerprint density at radius 2 is 1.13 bits per heavy atom. The number of rotatable bonds is 3. The molecule has 3 fully saturated rings. The number of anilines is 1.